The molecular weight excluding hydrogens is 203 g/mol. The fourth-order valence-electron chi connectivity index (χ4n) is 1.99. The van der Waals surface area contributed by atoms with Crippen molar-refractivity contribution in [1.29, 1.82) is 0 Å². The average Bonchev–Trinajstić information content (AvgIpc) is 2.29. The van der Waals surface area contributed by atoms with E-state index in [4.69, 9.17) is 0 Å². The molecule has 0 aliphatic heterocycles. The zero-order valence-corrected chi connectivity index (χ0v) is 9.37. The third-order valence-corrected chi connectivity index (χ3v) is 3.05. The maximum absolute atomic E-state index is 13.0. The minimum Gasteiger partial charge on any atom is -0.289 e. The van der Waals surface area contributed by atoms with Gasteiger partial charge in [-0.15, -0.1) is 0 Å². The van der Waals surface area contributed by atoms with Crippen molar-refractivity contribution < 1.29 is 9.18 Å². The lowest BCUT2D eigenvalue weighted by Gasteiger charge is -2.17. The van der Waals surface area contributed by atoms with Crippen LogP contribution in [0.5, 0.6) is 0 Å². The molecule has 1 aliphatic rings. The van der Waals surface area contributed by atoms with Gasteiger partial charge in [0.05, 0.1) is 0 Å². The van der Waals surface area contributed by atoms with Crippen molar-refractivity contribution in [3.8, 4) is 0 Å². The molecule has 0 N–H and O–H groups in total. The molecule has 0 bridgehead atoms. The minimum atomic E-state index is -0.351. The van der Waals surface area contributed by atoms with Crippen molar-refractivity contribution in [2.75, 3.05) is 0 Å². The van der Waals surface area contributed by atoms with Gasteiger partial charge in [0.25, 0.3) is 0 Å². The quantitative estimate of drug-likeness (QED) is 0.691. The summed E-state index contributed by atoms with van der Waals surface area (Å²) in [6, 6.07) is 5.91. The normalized spacial score (nSPS) is 20.4. The second-order valence-electron chi connectivity index (χ2n) is 4.45. The number of carbonyl (C=O) groups excluding carboxylic acids is 1. The number of ketones is 1. The lowest BCUT2D eigenvalue weighted by atomic mass is 9.87. The van der Waals surface area contributed by atoms with E-state index in [1.807, 2.05) is 6.08 Å². The van der Waals surface area contributed by atoms with Crippen LogP contribution in [0.25, 0.3) is 0 Å². The van der Waals surface area contributed by atoms with E-state index < -0.39 is 0 Å². The summed E-state index contributed by atoms with van der Waals surface area (Å²) in [7, 11) is 0. The van der Waals surface area contributed by atoms with Crippen molar-refractivity contribution in [3.63, 3.8) is 0 Å². The summed E-state index contributed by atoms with van der Waals surface area (Å²) in [6.07, 6.45) is 4.82. The van der Waals surface area contributed by atoms with Crippen molar-refractivity contribution in [2.45, 2.75) is 26.2 Å². The summed E-state index contributed by atoms with van der Waals surface area (Å²) < 4.78 is 13.0. The Balaban J connectivity index is 2.20. The lowest BCUT2D eigenvalue weighted by Crippen LogP contribution is -2.10. The van der Waals surface area contributed by atoms with Gasteiger partial charge in [-0.25, -0.2) is 4.39 Å². The third-order valence-electron chi connectivity index (χ3n) is 3.05. The summed E-state index contributed by atoms with van der Waals surface area (Å²) >= 11 is 0. The van der Waals surface area contributed by atoms with Crippen LogP contribution in [0.4, 0.5) is 4.39 Å². The van der Waals surface area contributed by atoms with Crippen molar-refractivity contribution in [1.82, 2.24) is 0 Å². The number of rotatable bonds is 2. The van der Waals surface area contributed by atoms with Gasteiger partial charge >= 0.3 is 0 Å². The highest BCUT2D eigenvalue weighted by Gasteiger charge is 2.17. The second-order valence-corrected chi connectivity index (χ2v) is 4.45. The van der Waals surface area contributed by atoms with Gasteiger partial charge in [0.2, 0.25) is 0 Å². The highest BCUT2D eigenvalue weighted by Crippen LogP contribution is 2.25. The molecule has 1 aromatic rings. The number of hydrogen-bond acceptors (Lipinski definition) is 1. The van der Waals surface area contributed by atoms with E-state index in [2.05, 4.69) is 6.92 Å². The average molecular weight is 218 g/mol. The molecule has 1 aliphatic carbocycles. The molecule has 0 aromatic heterocycles. The van der Waals surface area contributed by atoms with Crippen molar-refractivity contribution in [3.05, 3.63) is 47.3 Å². The molecule has 84 valence electrons. The summed E-state index contributed by atoms with van der Waals surface area (Å²) in [5.41, 5.74) is 1.30. The van der Waals surface area contributed by atoms with Crippen LogP contribution in [0.15, 0.2) is 35.9 Å². The number of allylic oxidation sites excluding steroid dienone is 2. The predicted molar refractivity (Wildman–Crippen MR) is 61.8 cm³/mol. The Hall–Kier alpha value is -1.44. The molecule has 0 amide bonds. The van der Waals surface area contributed by atoms with Gasteiger partial charge in [-0.05, 0) is 42.9 Å². The van der Waals surface area contributed by atoms with E-state index in [1.165, 1.54) is 12.1 Å². The van der Waals surface area contributed by atoms with Crippen LogP contribution in [0.2, 0.25) is 0 Å². The Morgan fingerprint density at radius 3 is 2.88 bits per heavy atom. The lowest BCUT2D eigenvalue weighted by molar-refractivity contribution is 0.102. The van der Waals surface area contributed by atoms with Crippen LogP contribution in [-0.4, -0.2) is 5.78 Å². The number of Topliss-reactive ketones (excluding diaryl/α,β-unsaturated/α-hetero) is 1. The molecule has 0 saturated carbocycles. The first-order valence-corrected chi connectivity index (χ1v) is 5.66. The third kappa shape index (κ3) is 2.38. The van der Waals surface area contributed by atoms with E-state index in [0.29, 0.717) is 11.5 Å². The first-order valence-electron chi connectivity index (χ1n) is 5.66. The van der Waals surface area contributed by atoms with Crippen LogP contribution in [-0.2, 0) is 0 Å². The number of carbonyl (C=O) groups is 1. The molecule has 0 heterocycles. The van der Waals surface area contributed by atoms with Gasteiger partial charge in [-0.3, -0.25) is 4.79 Å². The number of halogens is 1. The molecular formula is C14H15FO. The molecule has 0 fully saturated rings. The maximum Gasteiger partial charge on any atom is 0.188 e. The molecule has 0 radical (unpaired) electrons. The molecule has 2 rings (SSSR count). The first kappa shape index (κ1) is 11.1. The summed E-state index contributed by atoms with van der Waals surface area (Å²) in [5.74, 6) is 0.283. The van der Waals surface area contributed by atoms with Crippen molar-refractivity contribution >= 4 is 5.78 Å². The van der Waals surface area contributed by atoms with Gasteiger partial charge in [0.1, 0.15) is 5.82 Å². The summed E-state index contributed by atoms with van der Waals surface area (Å²) in [6.45, 7) is 2.18. The molecule has 0 saturated heterocycles. The zero-order valence-electron chi connectivity index (χ0n) is 9.37. The molecule has 1 atom stereocenters. The maximum atomic E-state index is 13.0. The topological polar surface area (TPSA) is 17.1 Å². The molecule has 1 unspecified atom stereocenters. The second kappa shape index (κ2) is 4.60. The van der Waals surface area contributed by atoms with Gasteiger partial charge in [0.15, 0.2) is 5.78 Å². The van der Waals surface area contributed by atoms with Crippen LogP contribution >= 0.6 is 0 Å². The number of benzene rings is 1. The van der Waals surface area contributed by atoms with Crippen molar-refractivity contribution in [2.24, 2.45) is 5.92 Å². The fourth-order valence-corrected chi connectivity index (χ4v) is 1.99. The highest BCUT2D eigenvalue weighted by atomic mass is 19.1. The van der Waals surface area contributed by atoms with Gasteiger partial charge in [-0.2, -0.15) is 0 Å². The smallest absolute Gasteiger partial charge is 0.188 e. The summed E-state index contributed by atoms with van der Waals surface area (Å²) in [5, 5.41) is 0. The molecule has 16 heavy (non-hydrogen) atoms. The van der Waals surface area contributed by atoms with Gasteiger partial charge in [-0.1, -0.05) is 25.1 Å². The molecule has 2 heteroatoms. The minimum absolute atomic E-state index is 0.0219. The van der Waals surface area contributed by atoms with E-state index >= 15 is 0 Å². The van der Waals surface area contributed by atoms with Gasteiger partial charge < -0.3 is 0 Å². The van der Waals surface area contributed by atoms with Crippen LogP contribution < -0.4 is 0 Å². The Labute approximate surface area is 95.0 Å². The van der Waals surface area contributed by atoms with Crippen LogP contribution in [0.3, 0.4) is 0 Å². The SMILES string of the molecule is CC1CC=C(C(=O)c2cccc(F)c2)CC1. The van der Waals surface area contributed by atoms with Crippen LogP contribution in [0.1, 0.15) is 36.5 Å². The standard InChI is InChI=1S/C14H15FO/c1-10-5-7-11(8-6-10)14(16)12-3-2-4-13(15)9-12/h2-4,7,9-10H,5-6,8H2,1H3. The largest absolute Gasteiger partial charge is 0.289 e. The zero-order chi connectivity index (χ0) is 11.5. The highest BCUT2D eigenvalue weighted by molar-refractivity contribution is 6.08. The predicted octanol–water partition coefficient (Wildman–Crippen LogP) is 3.75. The Bertz CT molecular complexity index is 434. The van der Waals surface area contributed by atoms with E-state index in [-0.39, 0.29) is 11.6 Å². The van der Waals surface area contributed by atoms with E-state index in [1.54, 1.807) is 12.1 Å². The Morgan fingerprint density at radius 2 is 2.25 bits per heavy atom. The van der Waals surface area contributed by atoms with E-state index in [0.717, 1.165) is 24.8 Å². The summed E-state index contributed by atoms with van der Waals surface area (Å²) in [4.78, 5) is 12.0. The molecule has 1 aromatic carbocycles. The van der Waals surface area contributed by atoms with Gasteiger partial charge in [0, 0.05) is 5.56 Å². The fraction of sp³-hybridized carbons (Fsp3) is 0.357. The Morgan fingerprint density at radius 1 is 1.44 bits per heavy atom. The Kier molecular flexibility index (Phi) is 3.18. The van der Waals surface area contributed by atoms with Crippen LogP contribution in [0, 0.1) is 11.7 Å². The molecule has 1 nitrogen and oxygen atoms in total. The number of hydrogen-bond donors (Lipinski definition) is 0. The monoisotopic (exact) mass is 218 g/mol. The molecule has 0 spiro atoms. The van der Waals surface area contributed by atoms with E-state index in [9.17, 15) is 9.18 Å². The first-order chi connectivity index (χ1) is 7.66.